The second-order valence-electron chi connectivity index (χ2n) is 4.16. The van der Waals surface area contributed by atoms with Crippen molar-refractivity contribution >= 4 is 12.4 Å². The summed E-state index contributed by atoms with van der Waals surface area (Å²) in [4.78, 5) is 23.8. The van der Waals surface area contributed by atoms with Gasteiger partial charge in [0.2, 0.25) is 6.79 Å². The Morgan fingerprint density at radius 1 is 1.42 bits per heavy atom. The summed E-state index contributed by atoms with van der Waals surface area (Å²) in [7, 11) is 2.97. The molecule has 2 rings (SSSR count). The number of likely N-dealkylation sites (N-methyl/N-ethyl adjacent to an activating group) is 1. The second-order valence-corrected chi connectivity index (χ2v) is 4.16. The molecular weight excluding hydrogens is 250 g/mol. The first-order valence-corrected chi connectivity index (χ1v) is 5.82. The summed E-state index contributed by atoms with van der Waals surface area (Å²) < 4.78 is 15.1. The lowest BCUT2D eigenvalue weighted by molar-refractivity contribution is 0.112. The SMILES string of the molecule is COC(=O)N(C)CCc1cc2c(cc1C=O)OCO2. The minimum atomic E-state index is -0.409. The highest BCUT2D eigenvalue weighted by molar-refractivity contribution is 5.79. The fourth-order valence-electron chi connectivity index (χ4n) is 1.86. The maximum Gasteiger partial charge on any atom is 0.409 e. The molecule has 0 saturated heterocycles. The zero-order chi connectivity index (χ0) is 13.8. The van der Waals surface area contributed by atoms with Gasteiger partial charge in [0.1, 0.15) is 6.29 Å². The maximum atomic E-state index is 11.3. The normalized spacial score (nSPS) is 12.1. The van der Waals surface area contributed by atoms with Crippen LogP contribution in [0.15, 0.2) is 12.1 Å². The first-order chi connectivity index (χ1) is 9.15. The van der Waals surface area contributed by atoms with Crippen molar-refractivity contribution in [1.82, 2.24) is 4.90 Å². The number of amides is 1. The van der Waals surface area contributed by atoms with Gasteiger partial charge >= 0.3 is 6.09 Å². The van der Waals surface area contributed by atoms with Gasteiger partial charge in [-0.3, -0.25) is 4.79 Å². The van der Waals surface area contributed by atoms with E-state index in [1.807, 2.05) is 0 Å². The summed E-state index contributed by atoms with van der Waals surface area (Å²) in [6.45, 7) is 0.617. The third kappa shape index (κ3) is 2.78. The molecule has 19 heavy (non-hydrogen) atoms. The molecule has 0 aliphatic carbocycles. The average Bonchev–Trinajstić information content (AvgIpc) is 2.89. The standard InChI is InChI=1S/C13H15NO5/c1-14(13(16)17-2)4-3-9-5-11-12(19-8-18-11)6-10(9)7-15/h5-7H,3-4,8H2,1-2H3. The lowest BCUT2D eigenvalue weighted by Gasteiger charge is -2.16. The van der Waals surface area contributed by atoms with E-state index in [1.54, 1.807) is 19.2 Å². The van der Waals surface area contributed by atoms with Crippen LogP contribution in [-0.2, 0) is 11.2 Å². The fraction of sp³-hybridized carbons (Fsp3) is 0.385. The minimum Gasteiger partial charge on any atom is -0.454 e. The number of benzene rings is 1. The summed E-state index contributed by atoms with van der Waals surface area (Å²) >= 11 is 0. The molecule has 0 radical (unpaired) electrons. The number of aldehydes is 1. The van der Waals surface area contributed by atoms with Crippen LogP contribution in [0.25, 0.3) is 0 Å². The van der Waals surface area contributed by atoms with E-state index in [-0.39, 0.29) is 6.79 Å². The van der Waals surface area contributed by atoms with Gasteiger partial charge in [0.05, 0.1) is 7.11 Å². The van der Waals surface area contributed by atoms with Crippen LogP contribution in [0.4, 0.5) is 4.79 Å². The van der Waals surface area contributed by atoms with Gasteiger partial charge in [0.25, 0.3) is 0 Å². The van der Waals surface area contributed by atoms with Crippen LogP contribution in [0.2, 0.25) is 0 Å². The van der Waals surface area contributed by atoms with E-state index in [0.29, 0.717) is 30.0 Å². The predicted octanol–water partition coefficient (Wildman–Crippen LogP) is 1.47. The molecule has 0 unspecified atom stereocenters. The lowest BCUT2D eigenvalue weighted by Crippen LogP contribution is -2.28. The number of ether oxygens (including phenoxy) is 3. The van der Waals surface area contributed by atoms with Crippen molar-refractivity contribution in [3.8, 4) is 11.5 Å². The highest BCUT2D eigenvalue weighted by Gasteiger charge is 2.17. The first kappa shape index (κ1) is 13.2. The van der Waals surface area contributed by atoms with Crippen LogP contribution in [0.3, 0.4) is 0 Å². The van der Waals surface area contributed by atoms with Crippen molar-refractivity contribution < 1.29 is 23.8 Å². The Balaban J connectivity index is 2.11. The highest BCUT2D eigenvalue weighted by Crippen LogP contribution is 2.34. The highest BCUT2D eigenvalue weighted by atomic mass is 16.7. The van der Waals surface area contributed by atoms with Crippen LogP contribution in [0.1, 0.15) is 15.9 Å². The topological polar surface area (TPSA) is 65.1 Å². The van der Waals surface area contributed by atoms with E-state index in [2.05, 4.69) is 4.74 Å². The molecule has 0 spiro atoms. The summed E-state index contributed by atoms with van der Waals surface area (Å²) in [5.74, 6) is 1.20. The summed E-state index contributed by atoms with van der Waals surface area (Å²) in [5.41, 5.74) is 1.36. The number of nitrogens with zero attached hydrogens (tertiary/aromatic N) is 1. The van der Waals surface area contributed by atoms with Gasteiger partial charge in [-0.2, -0.15) is 0 Å². The molecule has 6 heteroatoms. The number of hydrogen-bond donors (Lipinski definition) is 0. The molecule has 1 aliphatic rings. The van der Waals surface area contributed by atoms with E-state index in [0.717, 1.165) is 11.8 Å². The molecule has 102 valence electrons. The molecule has 0 bridgehead atoms. The molecule has 6 nitrogen and oxygen atoms in total. The Morgan fingerprint density at radius 3 is 2.74 bits per heavy atom. The van der Waals surface area contributed by atoms with Crippen LogP contribution >= 0.6 is 0 Å². The van der Waals surface area contributed by atoms with Gasteiger partial charge in [-0.1, -0.05) is 0 Å². The average molecular weight is 265 g/mol. The van der Waals surface area contributed by atoms with Gasteiger partial charge in [0, 0.05) is 19.2 Å². The summed E-state index contributed by atoms with van der Waals surface area (Å²) in [6.07, 6.45) is 0.902. The second kappa shape index (κ2) is 5.60. The molecule has 0 saturated carbocycles. The van der Waals surface area contributed by atoms with E-state index >= 15 is 0 Å². The number of carbonyl (C=O) groups excluding carboxylic acids is 2. The van der Waals surface area contributed by atoms with Crippen molar-refractivity contribution in [2.24, 2.45) is 0 Å². The Bertz CT molecular complexity index is 500. The van der Waals surface area contributed by atoms with Gasteiger partial charge < -0.3 is 19.1 Å². The maximum absolute atomic E-state index is 11.3. The van der Waals surface area contributed by atoms with E-state index in [9.17, 15) is 9.59 Å². The summed E-state index contributed by atoms with van der Waals surface area (Å²) in [6, 6.07) is 3.43. The number of hydrogen-bond acceptors (Lipinski definition) is 5. The number of fused-ring (bicyclic) bond motifs is 1. The lowest BCUT2D eigenvalue weighted by atomic mass is 10.0. The van der Waals surface area contributed by atoms with Crippen LogP contribution < -0.4 is 9.47 Å². The van der Waals surface area contributed by atoms with E-state index < -0.39 is 6.09 Å². The van der Waals surface area contributed by atoms with Crippen molar-refractivity contribution in [1.29, 1.82) is 0 Å². The van der Waals surface area contributed by atoms with E-state index in [4.69, 9.17) is 9.47 Å². The van der Waals surface area contributed by atoms with Crippen molar-refractivity contribution in [3.63, 3.8) is 0 Å². The molecule has 0 fully saturated rings. The molecule has 0 aromatic heterocycles. The minimum absolute atomic E-state index is 0.166. The van der Waals surface area contributed by atoms with Crippen LogP contribution in [0, 0.1) is 0 Å². The van der Waals surface area contributed by atoms with Crippen LogP contribution in [0.5, 0.6) is 11.5 Å². The molecule has 0 atom stereocenters. The zero-order valence-corrected chi connectivity index (χ0v) is 10.8. The third-order valence-electron chi connectivity index (χ3n) is 2.96. The number of rotatable bonds is 4. The Hall–Kier alpha value is -2.24. The predicted molar refractivity (Wildman–Crippen MR) is 66.7 cm³/mol. The van der Waals surface area contributed by atoms with E-state index in [1.165, 1.54) is 12.0 Å². The molecule has 1 amide bonds. The molecule has 1 aromatic carbocycles. The molecule has 0 N–H and O–H groups in total. The Kier molecular flexibility index (Phi) is 3.89. The number of carbonyl (C=O) groups is 2. The largest absolute Gasteiger partial charge is 0.454 e. The first-order valence-electron chi connectivity index (χ1n) is 5.82. The Morgan fingerprint density at radius 2 is 2.11 bits per heavy atom. The van der Waals surface area contributed by atoms with Gasteiger partial charge in [0.15, 0.2) is 11.5 Å². The van der Waals surface area contributed by atoms with Crippen LogP contribution in [-0.4, -0.2) is 44.8 Å². The van der Waals surface area contributed by atoms with Crippen molar-refractivity contribution in [2.45, 2.75) is 6.42 Å². The molecule has 1 heterocycles. The van der Waals surface area contributed by atoms with Gasteiger partial charge in [-0.05, 0) is 24.1 Å². The fourth-order valence-corrected chi connectivity index (χ4v) is 1.86. The number of methoxy groups -OCH3 is 1. The van der Waals surface area contributed by atoms with Crippen molar-refractivity contribution in [3.05, 3.63) is 23.3 Å². The smallest absolute Gasteiger partial charge is 0.409 e. The van der Waals surface area contributed by atoms with Gasteiger partial charge in [-0.25, -0.2) is 4.79 Å². The summed E-state index contributed by atoms with van der Waals surface area (Å²) in [5, 5.41) is 0. The zero-order valence-electron chi connectivity index (χ0n) is 10.8. The molecule has 1 aromatic rings. The van der Waals surface area contributed by atoms with Crippen molar-refractivity contribution in [2.75, 3.05) is 27.5 Å². The monoisotopic (exact) mass is 265 g/mol. The third-order valence-corrected chi connectivity index (χ3v) is 2.96. The molecule has 1 aliphatic heterocycles. The molecular formula is C13H15NO5. The van der Waals surface area contributed by atoms with Gasteiger partial charge in [-0.15, -0.1) is 0 Å². The quantitative estimate of drug-likeness (QED) is 0.771. The Labute approximate surface area is 110 Å².